The van der Waals surface area contributed by atoms with Crippen molar-refractivity contribution in [3.8, 4) is 5.75 Å². The summed E-state index contributed by atoms with van der Waals surface area (Å²) < 4.78 is 7.48. The largest absolute Gasteiger partial charge is 0.494 e. The van der Waals surface area contributed by atoms with Crippen molar-refractivity contribution in [2.45, 2.75) is 20.3 Å². The molecule has 2 heterocycles. The first kappa shape index (κ1) is 16.1. The van der Waals surface area contributed by atoms with Crippen LogP contribution in [0, 0.1) is 6.92 Å². The van der Waals surface area contributed by atoms with Gasteiger partial charge in [-0.3, -0.25) is 4.79 Å². The average Bonchev–Trinajstić information content (AvgIpc) is 3.00. The Morgan fingerprint density at radius 3 is 2.88 bits per heavy atom. The number of pyridine rings is 1. The van der Waals surface area contributed by atoms with Crippen LogP contribution in [0.4, 0.5) is 0 Å². The SMILES string of the molecule is CCOc1cccc(C(=O)NCCc2cn3c(C)cccc3n2)c1. The molecule has 5 nitrogen and oxygen atoms in total. The smallest absolute Gasteiger partial charge is 0.251 e. The molecule has 0 fully saturated rings. The molecule has 1 aromatic carbocycles. The lowest BCUT2D eigenvalue weighted by atomic mass is 10.2. The number of carbonyl (C=O) groups excluding carboxylic acids is 1. The van der Waals surface area contributed by atoms with Gasteiger partial charge in [-0.25, -0.2) is 4.98 Å². The minimum Gasteiger partial charge on any atom is -0.494 e. The molecule has 0 aliphatic rings. The highest BCUT2D eigenvalue weighted by molar-refractivity contribution is 5.94. The van der Waals surface area contributed by atoms with Gasteiger partial charge in [0, 0.05) is 30.4 Å². The molecular formula is C19H21N3O2. The van der Waals surface area contributed by atoms with Gasteiger partial charge in [0.15, 0.2) is 0 Å². The van der Waals surface area contributed by atoms with Gasteiger partial charge in [0.05, 0.1) is 12.3 Å². The van der Waals surface area contributed by atoms with Crippen molar-refractivity contribution in [1.29, 1.82) is 0 Å². The van der Waals surface area contributed by atoms with E-state index in [0.717, 1.165) is 17.0 Å². The number of nitrogens with zero attached hydrogens (tertiary/aromatic N) is 2. The van der Waals surface area contributed by atoms with Crippen LogP contribution in [0.2, 0.25) is 0 Å². The van der Waals surface area contributed by atoms with Gasteiger partial charge < -0.3 is 14.5 Å². The molecule has 0 unspecified atom stereocenters. The van der Waals surface area contributed by atoms with Gasteiger partial charge >= 0.3 is 0 Å². The van der Waals surface area contributed by atoms with Crippen molar-refractivity contribution in [3.05, 3.63) is 65.6 Å². The van der Waals surface area contributed by atoms with Gasteiger partial charge in [0.1, 0.15) is 11.4 Å². The predicted octanol–water partition coefficient (Wildman–Crippen LogP) is 3.01. The minimum atomic E-state index is -0.100. The number of nitrogens with one attached hydrogen (secondary N) is 1. The second-order valence-corrected chi connectivity index (χ2v) is 5.59. The van der Waals surface area contributed by atoms with Crippen LogP contribution in [-0.2, 0) is 6.42 Å². The van der Waals surface area contributed by atoms with Crippen LogP contribution in [0.25, 0.3) is 5.65 Å². The molecule has 0 atom stereocenters. The maximum Gasteiger partial charge on any atom is 0.251 e. The Labute approximate surface area is 141 Å². The average molecular weight is 323 g/mol. The summed E-state index contributed by atoms with van der Waals surface area (Å²) >= 11 is 0. The second-order valence-electron chi connectivity index (χ2n) is 5.59. The molecule has 0 aliphatic carbocycles. The fourth-order valence-corrected chi connectivity index (χ4v) is 2.62. The van der Waals surface area contributed by atoms with E-state index in [0.29, 0.717) is 30.9 Å². The van der Waals surface area contributed by atoms with Gasteiger partial charge in [-0.05, 0) is 44.2 Å². The Morgan fingerprint density at radius 2 is 2.08 bits per heavy atom. The lowest BCUT2D eigenvalue weighted by Gasteiger charge is -2.07. The van der Waals surface area contributed by atoms with Crippen LogP contribution >= 0.6 is 0 Å². The van der Waals surface area contributed by atoms with E-state index in [-0.39, 0.29) is 5.91 Å². The maximum absolute atomic E-state index is 12.2. The Morgan fingerprint density at radius 1 is 1.25 bits per heavy atom. The number of amides is 1. The zero-order valence-corrected chi connectivity index (χ0v) is 14.0. The highest BCUT2D eigenvalue weighted by Crippen LogP contribution is 2.13. The van der Waals surface area contributed by atoms with E-state index in [2.05, 4.69) is 14.7 Å². The first-order chi connectivity index (χ1) is 11.7. The van der Waals surface area contributed by atoms with E-state index in [4.69, 9.17) is 4.74 Å². The van der Waals surface area contributed by atoms with Crippen LogP contribution in [-0.4, -0.2) is 28.4 Å². The van der Waals surface area contributed by atoms with Crippen molar-refractivity contribution >= 4 is 11.6 Å². The van der Waals surface area contributed by atoms with E-state index in [1.165, 1.54) is 0 Å². The Kier molecular flexibility index (Phi) is 4.79. The first-order valence-electron chi connectivity index (χ1n) is 8.12. The first-order valence-corrected chi connectivity index (χ1v) is 8.12. The molecular weight excluding hydrogens is 302 g/mol. The number of hydrogen-bond acceptors (Lipinski definition) is 3. The van der Waals surface area contributed by atoms with Crippen molar-refractivity contribution in [2.24, 2.45) is 0 Å². The standard InChI is InChI=1S/C19H21N3O2/c1-3-24-17-8-5-7-15(12-17)19(23)20-11-10-16-13-22-14(2)6-4-9-18(22)21-16/h4-9,12-13H,3,10-11H2,1-2H3,(H,20,23). The van der Waals surface area contributed by atoms with Gasteiger partial charge in [-0.2, -0.15) is 0 Å². The van der Waals surface area contributed by atoms with Gasteiger partial charge in [0.25, 0.3) is 5.91 Å². The summed E-state index contributed by atoms with van der Waals surface area (Å²) in [7, 11) is 0. The van der Waals surface area contributed by atoms with Crippen LogP contribution < -0.4 is 10.1 Å². The number of aryl methyl sites for hydroxylation is 1. The number of benzene rings is 1. The third kappa shape index (κ3) is 3.56. The summed E-state index contributed by atoms with van der Waals surface area (Å²) in [5.74, 6) is 0.609. The highest BCUT2D eigenvalue weighted by Gasteiger charge is 2.08. The van der Waals surface area contributed by atoms with Crippen LogP contribution in [0.1, 0.15) is 28.7 Å². The van der Waals surface area contributed by atoms with Gasteiger partial charge in [-0.1, -0.05) is 12.1 Å². The molecule has 3 aromatic rings. The maximum atomic E-state index is 12.2. The van der Waals surface area contributed by atoms with E-state index >= 15 is 0 Å². The summed E-state index contributed by atoms with van der Waals surface area (Å²) in [6.07, 6.45) is 2.71. The lowest BCUT2D eigenvalue weighted by Crippen LogP contribution is -2.25. The van der Waals surface area contributed by atoms with E-state index in [1.807, 2.05) is 50.4 Å². The molecule has 24 heavy (non-hydrogen) atoms. The van der Waals surface area contributed by atoms with Crippen LogP contribution in [0.15, 0.2) is 48.7 Å². The minimum absolute atomic E-state index is 0.100. The third-order valence-corrected chi connectivity index (χ3v) is 3.82. The van der Waals surface area contributed by atoms with Crippen LogP contribution in [0.5, 0.6) is 5.75 Å². The summed E-state index contributed by atoms with van der Waals surface area (Å²) in [5.41, 5.74) is 3.64. The molecule has 3 rings (SSSR count). The zero-order chi connectivity index (χ0) is 16.9. The summed E-state index contributed by atoms with van der Waals surface area (Å²) in [5, 5.41) is 2.93. The van der Waals surface area contributed by atoms with Crippen molar-refractivity contribution in [1.82, 2.24) is 14.7 Å². The number of carbonyl (C=O) groups is 1. The number of aromatic nitrogens is 2. The normalized spacial score (nSPS) is 10.8. The molecule has 1 N–H and O–H groups in total. The number of rotatable bonds is 6. The van der Waals surface area contributed by atoms with Crippen molar-refractivity contribution in [3.63, 3.8) is 0 Å². The molecule has 0 aliphatic heterocycles. The fraction of sp³-hybridized carbons (Fsp3) is 0.263. The van der Waals surface area contributed by atoms with Crippen molar-refractivity contribution in [2.75, 3.05) is 13.2 Å². The number of fused-ring (bicyclic) bond motifs is 1. The Balaban J connectivity index is 1.60. The topological polar surface area (TPSA) is 55.6 Å². The number of imidazole rings is 1. The molecule has 5 heteroatoms. The zero-order valence-electron chi connectivity index (χ0n) is 14.0. The molecule has 0 radical (unpaired) electrons. The highest BCUT2D eigenvalue weighted by atomic mass is 16.5. The summed E-state index contributed by atoms with van der Waals surface area (Å²) in [6, 6.07) is 13.2. The van der Waals surface area contributed by atoms with E-state index in [1.54, 1.807) is 12.1 Å². The molecule has 0 saturated carbocycles. The second kappa shape index (κ2) is 7.17. The summed E-state index contributed by atoms with van der Waals surface area (Å²) in [4.78, 5) is 16.8. The molecule has 1 amide bonds. The lowest BCUT2D eigenvalue weighted by molar-refractivity contribution is 0.0953. The summed E-state index contributed by atoms with van der Waals surface area (Å²) in [6.45, 7) is 5.09. The molecule has 0 bridgehead atoms. The molecule has 0 saturated heterocycles. The van der Waals surface area contributed by atoms with Crippen molar-refractivity contribution < 1.29 is 9.53 Å². The number of ether oxygens (including phenoxy) is 1. The third-order valence-electron chi connectivity index (χ3n) is 3.82. The van der Waals surface area contributed by atoms with E-state index < -0.39 is 0 Å². The van der Waals surface area contributed by atoms with Gasteiger partial charge in [0.2, 0.25) is 0 Å². The fourth-order valence-electron chi connectivity index (χ4n) is 2.62. The van der Waals surface area contributed by atoms with Crippen LogP contribution in [0.3, 0.4) is 0 Å². The van der Waals surface area contributed by atoms with E-state index in [9.17, 15) is 4.79 Å². The molecule has 0 spiro atoms. The number of hydrogen-bond donors (Lipinski definition) is 1. The quantitative estimate of drug-likeness (QED) is 0.758. The molecule has 2 aromatic heterocycles. The Bertz CT molecular complexity index is 855. The molecule has 124 valence electrons. The Hall–Kier alpha value is -2.82. The monoisotopic (exact) mass is 323 g/mol. The predicted molar refractivity (Wildman–Crippen MR) is 93.6 cm³/mol. The van der Waals surface area contributed by atoms with Gasteiger partial charge in [-0.15, -0.1) is 0 Å².